The summed E-state index contributed by atoms with van der Waals surface area (Å²) in [5, 5.41) is 57.4. The van der Waals surface area contributed by atoms with E-state index in [0.717, 1.165) is 76.9 Å². The molecular formula is C80H73BrClFN12O9. The van der Waals surface area contributed by atoms with E-state index in [1.807, 2.05) is 140 Å². The lowest BCUT2D eigenvalue weighted by atomic mass is 10.1. The Bertz CT molecular complexity index is 4260. The molecule has 0 bridgehead atoms. The van der Waals surface area contributed by atoms with Crippen LogP contribution >= 0.6 is 27.5 Å². The Hall–Kier alpha value is -11.7. The van der Waals surface area contributed by atoms with E-state index in [-0.39, 0.29) is 87.3 Å². The molecule has 21 nitrogen and oxygen atoms in total. The van der Waals surface area contributed by atoms with Crippen LogP contribution < -0.4 is 21.3 Å². The molecule has 0 aliphatic carbocycles. The summed E-state index contributed by atoms with van der Waals surface area (Å²) in [6.07, 6.45) is 7.29. The molecule has 4 heterocycles. The molecule has 0 aliphatic rings. The minimum atomic E-state index is -0.335. The molecule has 528 valence electrons. The molecule has 0 aliphatic heterocycles. The second-order valence-corrected chi connectivity index (χ2v) is 25.0. The fourth-order valence-electron chi connectivity index (χ4n) is 9.96. The van der Waals surface area contributed by atoms with E-state index in [1.54, 1.807) is 94.1 Å². The van der Waals surface area contributed by atoms with Crippen molar-refractivity contribution in [2.24, 2.45) is 0 Å². The molecule has 0 spiro atoms. The van der Waals surface area contributed by atoms with Crippen LogP contribution in [0.3, 0.4) is 0 Å². The fourth-order valence-corrected chi connectivity index (χ4v) is 10.4. The van der Waals surface area contributed by atoms with Crippen molar-refractivity contribution in [3.63, 3.8) is 0 Å². The van der Waals surface area contributed by atoms with Crippen LogP contribution in [0.4, 0.5) is 27.7 Å². The number of halogens is 3. The summed E-state index contributed by atoms with van der Waals surface area (Å²) < 4.78 is 13.9. The van der Waals surface area contributed by atoms with Gasteiger partial charge < -0.3 is 46.8 Å². The highest BCUT2D eigenvalue weighted by molar-refractivity contribution is 9.10. The molecule has 12 rings (SSSR count). The Morgan fingerprint density at radius 1 is 0.346 bits per heavy atom. The number of amides is 4. The molecule has 0 saturated carbocycles. The Kier molecular flexibility index (Phi) is 27.8. The number of aryl methyl sites for hydroxylation is 4. The first-order chi connectivity index (χ1) is 50.2. The number of benzene rings is 8. The van der Waals surface area contributed by atoms with Gasteiger partial charge in [-0.05, 0) is 121 Å². The number of hydrogen-bond donors (Lipinski definition) is 9. The number of aliphatic hydroxyl groups is 4. The highest BCUT2D eigenvalue weighted by Crippen LogP contribution is 2.26. The van der Waals surface area contributed by atoms with Crippen LogP contribution in [-0.4, -0.2) is 89.0 Å². The van der Waals surface area contributed by atoms with Crippen LogP contribution in [0.2, 0.25) is 5.02 Å². The van der Waals surface area contributed by atoms with Crippen LogP contribution in [-0.2, 0) is 71.3 Å². The maximum atomic E-state index is 12.9. The predicted octanol–water partition coefficient (Wildman–Crippen LogP) is 13.8. The molecule has 4 amide bonds. The monoisotopic (exact) mass is 1480 g/mol. The van der Waals surface area contributed by atoms with E-state index < -0.39 is 0 Å². The quantitative estimate of drug-likeness (QED) is 0.0342. The fraction of sp³-hybridized carbons (Fsp3) is 0.150. The van der Waals surface area contributed by atoms with Gasteiger partial charge in [0, 0.05) is 31.7 Å². The summed E-state index contributed by atoms with van der Waals surface area (Å²) in [4.78, 5) is 84.1. The molecule has 8 aromatic carbocycles. The van der Waals surface area contributed by atoms with E-state index in [1.165, 1.54) is 12.1 Å². The van der Waals surface area contributed by atoms with Gasteiger partial charge in [-0.25, -0.2) is 44.3 Å². The van der Waals surface area contributed by atoms with Crippen molar-refractivity contribution in [2.75, 3.05) is 21.3 Å². The first-order valence-corrected chi connectivity index (χ1v) is 33.7. The van der Waals surface area contributed by atoms with E-state index in [9.17, 15) is 28.7 Å². The second-order valence-electron chi connectivity index (χ2n) is 23.6. The number of hydrogen-bond acceptors (Lipinski definition) is 17. The average molecular weight is 1480 g/mol. The predicted molar refractivity (Wildman–Crippen MR) is 402 cm³/mol. The zero-order chi connectivity index (χ0) is 74.1. The standard InChI is InChI=1S/C20H18BrN3O2.C20H18ClN3O2.C20H18FN3O2.C20H19N3O3/c3*1-13-20(24-19(26)10-14-4-8-17(21)9-5-14)22-11-18(23-13)16-6-2-15(12-25)3-7-16;1-13-20(23-19(26)10-14-4-8-17(25)9-5-14)21-11-18(22-13)16-6-2-15(12-24)3-7-16/h3*2-9,11,25H,10,12H2,1H3,(H,22,24,26);2-9,11,24-25H,10,12H2,1H3,(H,21,23,26). The number of nitrogens with zero attached hydrogens (tertiary/aromatic N) is 8. The van der Waals surface area contributed by atoms with Gasteiger partial charge in [0.05, 0.1) is 122 Å². The Morgan fingerprint density at radius 2 is 0.567 bits per heavy atom. The summed E-state index contributed by atoms with van der Waals surface area (Å²) in [6.45, 7) is 7.17. The molecule has 0 radical (unpaired) electrons. The van der Waals surface area contributed by atoms with E-state index in [2.05, 4.69) is 77.1 Å². The highest BCUT2D eigenvalue weighted by atomic mass is 79.9. The lowest BCUT2D eigenvalue weighted by molar-refractivity contribution is -0.116. The number of carbonyl (C=O) groups excluding carboxylic acids is 4. The minimum Gasteiger partial charge on any atom is -0.508 e. The molecule has 24 heteroatoms. The smallest absolute Gasteiger partial charge is 0.229 e. The zero-order valence-corrected chi connectivity index (χ0v) is 59.4. The lowest BCUT2D eigenvalue weighted by Gasteiger charge is -2.09. The third-order valence-corrected chi connectivity index (χ3v) is 16.5. The molecule has 0 unspecified atom stereocenters. The summed E-state index contributed by atoms with van der Waals surface area (Å²) in [7, 11) is 0. The number of aromatic nitrogens is 8. The topological polar surface area (TPSA) is 321 Å². The number of rotatable bonds is 20. The first-order valence-electron chi connectivity index (χ1n) is 32.6. The largest absolute Gasteiger partial charge is 0.508 e. The van der Waals surface area contributed by atoms with Gasteiger partial charge in [-0.2, -0.15) is 0 Å². The van der Waals surface area contributed by atoms with Crippen LogP contribution in [0.25, 0.3) is 45.0 Å². The van der Waals surface area contributed by atoms with Crippen molar-refractivity contribution in [1.82, 2.24) is 39.9 Å². The van der Waals surface area contributed by atoms with Gasteiger partial charge in [0.15, 0.2) is 23.3 Å². The van der Waals surface area contributed by atoms with Crippen molar-refractivity contribution < 1.29 is 49.1 Å². The number of phenolic OH excluding ortho intramolecular Hbond substituents is 1. The zero-order valence-electron chi connectivity index (χ0n) is 57.0. The van der Waals surface area contributed by atoms with E-state index >= 15 is 0 Å². The molecule has 12 aromatic rings. The average Bonchev–Trinajstić information content (AvgIpc) is 0.848. The van der Waals surface area contributed by atoms with Crippen molar-refractivity contribution >= 4 is 74.4 Å². The van der Waals surface area contributed by atoms with Gasteiger partial charge in [0.2, 0.25) is 23.6 Å². The van der Waals surface area contributed by atoms with Gasteiger partial charge in [-0.15, -0.1) is 0 Å². The van der Waals surface area contributed by atoms with Gasteiger partial charge in [0.1, 0.15) is 11.6 Å². The SMILES string of the molecule is Cc1nc(-c2ccc(CO)cc2)cnc1NC(=O)Cc1ccc(Br)cc1.Cc1nc(-c2ccc(CO)cc2)cnc1NC(=O)Cc1ccc(Cl)cc1.Cc1nc(-c2ccc(CO)cc2)cnc1NC(=O)Cc1ccc(F)cc1.Cc1nc(-c2ccc(CO)cc2)cnc1NC(=O)Cc1ccc(O)cc1. The summed E-state index contributed by atoms with van der Waals surface area (Å²) in [6, 6.07) is 56.8. The highest BCUT2D eigenvalue weighted by Gasteiger charge is 2.16. The normalized spacial score (nSPS) is 10.6. The third-order valence-electron chi connectivity index (χ3n) is 15.7. The third kappa shape index (κ3) is 23.2. The summed E-state index contributed by atoms with van der Waals surface area (Å²) in [5.41, 5.74) is 15.5. The molecule has 104 heavy (non-hydrogen) atoms. The van der Waals surface area contributed by atoms with Crippen molar-refractivity contribution in [1.29, 1.82) is 0 Å². The molecule has 9 N–H and O–H groups in total. The number of anilines is 4. The Balaban J connectivity index is 0.000000161. The summed E-state index contributed by atoms with van der Waals surface area (Å²) >= 11 is 9.23. The molecule has 4 aromatic heterocycles. The second kappa shape index (κ2) is 37.8. The van der Waals surface area contributed by atoms with Gasteiger partial charge in [-0.3, -0.25) is 19.2 Å². The van der Waals surface area contributed by atoms with E-state index in [0.29, 0.717) is 68.2 Å². The summed E-state index contributed by atoms with van der Waals surface area (Å²) in [5.74, 6) is 0.813. The number of carbonyl (C=O) groups is 4. The molecular weight excluding hydrogens is 1410 g/mol. The number of aliphatic hydroxyl groups excluding tert-OH is 4. The van der Waals surface area contributed by atoms with Gasteiger partial charge in [0.25, 0.3) is 0 Å². The molecule has 0 saturated heterocycles. The Labute approximate surface area is 613 Å². The van der Waals surface area contributed by atoms with E-state index in [4.69, 9.17) is 32.0 Å². The number of nitrogens with one attached hydrogen (secondary N) is 4. The van der Waals surface area contributed by atoms with Gasteiger partial charge in [-0.1, -0.05) is 173 Å². The van der Waals surface area contributed by atoms with Crippen LogP contribution in [0.5, 0.6) is 5.75 Å². The van der Waals surface area contributed by atoms with Crippen LogP contribution in [0, 0.1) is 33.5 Å². The maximum absolute atomic E-state index is 12.9. The lowest BCUT2D eigenvalue weighted by Crippen LogP contribution is -2.16. The van der Waals surface area contributed by atoms with Crippen LogP contribution in [0.15, 0.2) is 223 Å². The number of phenols is 1. The molecule has 0 atom stereocenters. The minimum absolute atomic E-state index is 0.00299. The van der Waals surface area contributed by atoms with Crippen molar-refractivity contribution in [3.05, 3.63) is 302 Å². The Morgan fingerprint density at radius 3 is 0.808 bits per heavy atom. The van der Waals surface area contributed by atoms with Crippen LogP contribution in [0.1, 0.15) is 67.3 Å². The number of aromatic hydroxyl groups is 1. The first kappa shape index (κ1) is 76.5. The van der Waals surface area contributed by atoms with Gasteiger partial charge >= 0.3 is 0 Å². The maximum Gasteiger partial charge on any atom is 0.229 e. The molecule has 0 fully saturated rings. The van der Waals surface area contributed by atoms with Crippen molar-refractivity contribution in [3.8, 4) is 50.8 Å². The van der Waals surface area contributed by atoms with Crippen molar-refractivity contribution in [2.45, 2.75) is 79.8 Å².